The third-order valence-corrected chi connectivity index (χ3v) is 7.27. The van der Waals surface area contributed by atoms with E-state index in [0.717, 1.165) is 25.7 Å². The number of hydrogen-bond acceptors (Lipinski definition) is 2. The summed E-state index contributed by atoms with van der Waals surface area (Å²) in [6, 6.07) is 0. The number of hydrogen-bond donors (Lipinski definition) is 0. The molecule has 0 heterocycles. The Labute approximate surface area is 268 Å². The van der Waals surface area contributed by atoms with Gasteiger partial charge in [-0.1, -0.05) is 52.4 Å². The van der Waals surface area contributed by atoms with Gasteiger partial charge in [0.1, 0.15) is 0 Å². The molecule has 0 N–H and O–H groups in total. The summed E-state index contributed by atoms with van der Waals surface area (Å²) in [7, 11) is 0. The van der Waals surface area contributed by atoms with Gasteiger partial charge in [0.05, 0.1) is 11.2 Å². The van der Waals surface area contributed by atoms with Crippen LogP contribution in [-0.4, -0.2) is 64.6 Å². The molecule has 0 rings (SSSR count). The molecule has 1 unspecified atom stereocenters. The molecule has 2 nitrogen and oxygen atoms in total. The van der Waals surface area contributed by atoms with E-state index >= 15 is 0 Å². The summed E-state index contributed by atoms with van der Waals surface area (Å²) < 4.78 is 246. The van der Waals surface area contributed by atoms with E-state index in [-0.39, 0.29) is 6.42 Å². The van der Waals surface area contributed by atoms with Crippen molar-refractivity contribution in [2.45, 2.75) is 178 Å². The second-order valence-electron chi connectivity index (χ2n) is 13.8. The summed E-state index contributed by atoms with van der Waals surface area (Å²) in [4.78, 5) is 0. The number of halogens is 17. The fourth-order valence-corrected chi connectivity index (χ4v) is 4.74. The lowest BCUT2D eigenvalue weighted by Gasteiger charge is -2.48. The molecule has 290 valence electrons. The van der Waals surface area contributed by atoms with Gasteiger partial charge in [0.15, 0.2) is 5.79 Å². The molecule has 48 heavy (non-hydrogen) atoms. The molecule has 0 aromatic carbocycles. The van der Waals surface area contributed by atoms with Crippen LogP contribution in [0.3, 0.4) is 0 Å². The summed E-state index contributed by atoms with van der Waals surface area (Å²) in [6.07, 6.45) is -7.50. The van der Waals surface area contributed by atoms with Crippen LogP contribution in [0.25, 0.3) is 0 Å². The van der Waals surface area contributed by atoms with Gasteiger partial charge in [-0.25, -0.2) is 0 Å². The van der Waals surface area contributed by atoms with Gasteiger partial charge in [-0.2, -0.15) is 74.6 Å². The molecule has 0 fully saturated rings. The van der Waals surface area contributed by atoms with E-state index in [1.807, 2.05) is 6.92 Å². The Balaban J connectivity index is 6.86. The van der Waals surface area contributed by atoms with Crippen molar-refractivity contribution in [1.29, 1.82) is 0 Å². The van der Waals surface area contributed by atoms with E-state index in [1.54, 1.807) is 0 Å². The van der Waals surface area contributed by atoms with Gasteiger partial charge < -0.3 is 9.47 Å². The van der Waals surface area contributed by atoms with E-state index < -0.39 is 83.4 Å². The highest BCUT2D eigenvalue weighted by atomic mass is 19.4. The zero-order valence-electron chi connectivity index (χ0n) is 27.7. The van der Waals surface area contributed by atoms with E-state index in [1.165, 1.54) is 48.5 Å². The number of unbranched alkanes of at least 4 members (excludes halogenated alkanes) is 5. The minimum absolute atomic E-state index is 0.0865. The van der Waals surface area contributed by atoms with Crippen LogP contribution in [0.5, 0.6) is 0 Å². The average molecular weight is 747 g/mol. The van der Waals surface area contributed by atoms with Gasteiger partial charge in [0.2, 0.25) is 0 Å². The SMILES string of the molecule is CCCCCCCCC(C)C(CCC(F)(F)C(F)(F)C(F)(F)C(F)(F)C(F)(F)C(F)(F)C(F)(F)C(F)(F)F)(OC(C)(C)C)OC(C)(C)C. The molecule has 0 aliphatic carbocycles. The highest BCUT2D eigenvalue weighted by molar-refractivity contribution is 5.15. The monoisotopic (exact) mass is 746 g/mol. The van der Waals surface area contributed by atoms with E-state index in [4.69, 9.17) is 9.47 Å². The maximum Gasteiger partial charge on any atom is 0.460 e. The fraction of sp³-hybridized carbons (Fsp3) is 1.00. The van der Waals surface area contributed by atoms with Gasteiger partial charge in [-0.3, -0.25) is 0 Å². The van der Waals surface area contributed by atoms with Gasteiger partial charge in [0, 0.05) is 18.8 Å². The Kier molecular flexibility index (Phi) is 14.4. The van der Waals surface area contributed by atoms with E-state index in [9.17, 15) is 74.6 Å². The van der Waals surface area contributed by atoms with Crippen molar-refractivity contribution in [3.8, 4) is 0 Å². The molecular weight excluding hydrogens is 703 g/mol. The molecule has 0 aliphatic heterocycles. The standard InChI is InChI=1S/C29H43F17O2/c1-9-10-11-12-13-14-15-18(2)21(47-19(3,4)5,48-20(6,7)8)16-17-22(30,31)23(32,33)24(34,35)25(36,37)26(38,39)27(40,41)28(42,43)29(44,45)46/h18H,9-17H2,1-8H3. The van der Waals surface area contributed by atoms with Crippen LogP contribution in [0.15, 0.2) is 0 Å². The fourth-order valence-electron chi connectivity index (χ4n) is 4.74. The van der Waals surface area contributed by atoms with Gasteiger partial charge in [-0.05, 0) is 48.0 Å². The number of alkyl halides is 17. The van der Waals surface area contributed by atoms with Crippen LogP contribution in [0.2, 0.25) is 0 Å². The molecule has 0 bridgehead atoms. The zero-order chi connectivity index (χ0) is 38.9. The molecule has 0 aliphatic rings. The van der Waals surface area contributed by atoms with Gasteiger partial charge in [-0.15, -0.1) is 0 Å². The molecule has 0 aromatic rings. The first-order valence-corrected chi connectivity index (χ1v) is 15.0. The van der Waals surface area contributed by atoms with Crippen molar-refractivity contribution >= 4 is 0 Å². The molecular formula is C29H43F17O2. The van der Waals surface area contributed by atoms with Crippen molar-refractivity contribution in [3.05, 3.63) is 0 Å². The average Bonchev–Trinajstić information content (AvgIpc) is 2.86. The topological polar surface area (TPSA) is 18.5 Å². The molecule has 0 radical (unpaired) electrons. The molecule has 0 saturated heterocycles. The molecule has 19 heteroatoms. The smallest absolute Gasteiger partial charge is 0.344 e. The Morgan fingerprint density at radius 1 is 0.438 bits per heavy atom. The van der Waals surface area contributed by atoms with Crippen molar-refractivity contribution in [1.82, 2.24) is 0 Å². The third-order valence-electron chi connectivity index (χ3n) is 7.27. The first-order chi connectivity index (χ1) is 20.9. The second-order valence-corrected chi connectivity index (χ2v) is 13.8. The van der Waals surface area contributed by atoms with Crippen LogP contribution in [0, 0.1) is 5.92 Å². The maximum atomic E-state index is 15.0. The summed E-state index contributed by atoms with van der Waals surface area (Å²) >= 11 is 0. The summed E-state index contributed by atoms with van der Waals surface area (Å²) in [5, 5.41) is 0. The lowest BCUT2D eigenvalue weighted by molar-refractivity contribution is -0.462. The molecule has 0 spiro atoms. The van der Waals surface area contributed by atoms with Crippen LogP contribution < -0.4 is 0 Å². The normalized spacial score (nSPS) is 16.4. The zero-order valence-corrected chi connectivity index (χ0v) is 27.7. The van der Waals surface area contributed by atoms with E-state index in [0.29, 0.717) is 12.8 Å². The third kappa shape index (κ3) is 9.53. The Morgan fingerprint density at radius 3 is 1.12 bits per heavy atom. The van der Waals surface area contributed by atoms with Crippen LogP contribution >= 0.6 is 0 Å². The molecule has 1 atom stereocenters. The Bertz CT molecular complexity index is 993. The molecule has 0 saturated carbocycles. The minimum atomic E-state index is -8.66. The van der Waals surface area contributed by atoms with Crippen LogP contribution in [-0.2, 0) is 9.47 Å². The van der Waals surface area contributed by atoms with Crippen molar-refractivity contribution in [2.75, 3.05) is 0 Å². The Morgan fingerprint density at radius 2 is 0.771 bits per heavy atom. The lowest BCUT2D eigenvalue weighted by atomic mass is 9.84. The van der Waals surface area contributed by atoms with Crippen molar-refractivity contribution < 1.29 is 84.1 Å². The summed E-state index contributed by atoms with van der Waals surface area (Å²) in [6.45, 7) is 11.4. The van der Waals surface area contributed by atoms with Crippen LogP contribution in [0.4, 0.5) is 74.6 Å². The molecule has 0 aromatic heterocycles. The van der Waals surface area contributed by atoms with Crippen molar-refractivity contribution in [2.24, 2.45) is 5.92 Å². The first-order valence-electron chi connectivity index (χ1n) is 15.0. The molecule has 0 amide bonds. The first kappa shape index (κ1) is 46.7. The van der Waals surface area contributed by atoms with E-state index in [2.05, 4.69) is 0 Å². The largest absolute Gasteiger partial charge is 0.460 e. The maximum absolute atomic E-state index is 15.0. The number of ether oxygens (including phenoxy) is 2. The van der Waals surface area contributed by atoms with Gasteiger partial charge >= 0.3 is 47.6 Å². The highest BCUT2D eigenvalue weighted by Crippen LogP contribution is 2.64. The Hall–Kier alpha value is -1.27. The predicted molar refractivity (Wildman–Crippen MR) is 141 cm³/mol. The van der Waals surface area contributed by atoms with Gasteiger partial charge in [0.25, 0.3) is 0 Å². The lowest BCUT2D eigenvalue weighted by Crippen LogP contribution is -2.74. The van der Waals surface area contributed by atoms with Crippen molar-refractivity contribution in [3.63, 3.8) is 0 Å². The van der Waals surface area contributed by atoms with Crippen LogP contribution in [0.1, 0.15) is 113 Å². The summed E-state index contributed by atoms with van der Waals surface area (Å²) in [5.41, 5.74) is -2.71. The minimum Gasteiger partial charge on any atom is -0.344 e. The summed E-state index contributed by atoms with van der Waals surface area (Å²) in [5.74, 6) is -60.1. The number of rotatable bonds is 19. The predicted octanol–water partition coefficient (Wildman–Crippen LogP) is 12.5. The highest BCUT2D eigenvalue weighted by Gasteiger charge is 2.95. The second kappa shape index (κ2) is 14.8. The quantitative estimate of drug-likeness (QED) is 0.0744.